The lowest BCUT2D eigenvalue weighted by atomic mass is 10.3. The molecule has 1 aromatic carbocycles. The summed E-state index contributed by atoms with van der Waals surface area (Å²) in [7, 11) is 1.57. The second kappa shape index (κ2) is 6.13. The Morgan fingerprint density at radius 1 is 1.23 bits per heavy atom. The van der Waals surface area contributed by atoms with E-state index in [1.165, 1.54) is 0 Å². The fourth-order valence-electron chi connectivity index (χ4n) is 1.90. The molecule has 3 rings (SSSR count). The molecule has 0 atom stereocenters. The van der Waals surface area contributed by atoms with Gasteiger partial charge in [-0.3, -0.25) is 9.78 Å². The normalized spacial score (nSPS) is 10.4. The molecule has 7 nitrogen and oxygen atoms in total. The van der Waals surface area contributed by atoms with E-state index in [0.717, 1.165) is 5.56 Å². The van der Waals surface area contributed by atoms with Gasteiger partial charge in [-0.25, -0.2) is 4.98 Å². The molecule has 0 unspecified atom stereocenters. The van der Waals surface area contributed by atoms with E-state index in [2.05, 4.69) is 25.5 Å². The number of aromatic nitrogens is 4. The number of carbonyl (C=O) groups is 1. The van der Waals surface area contributed by atoms with E-state index >= 15 is 0 Å². The molecule has 22 heavy (non-hydrogen) atoms. The van der Waals surface area contributed by atoms with E-state index in [1.54, 1.807) is 37.7 Å². The average molecular weight is 295 g/mol. The van der Waals surface area contributed by atoms with Gasteiger partial charge in [0.05, 0.1) is 12.6 Å². The van der Waals surface area contributed by atoms with Crippen molar-refractivity contribution < 1.29 is 9.53 Å². The van der Waals surface area contributed by atoms with Crippen LogP contribution in [0.3, 0.4) is 0 Å². The number of ether oxygens (including phenoxy) is 1. The molecule has 0 aliphatic heterocycles. The van der Waals surface area contributed by atoms with Crippen LogP contribution in [0, 0.1) is 0 Å². The fraction of sp³-hybridized carbons (Fsp3) is 0.133. The van der Waals surface area contributed by atoms with Gasteiger partial charge < -0.3 is 10.1 Å². The molecule has 0 aliphatic carbocycles. The summed E-state index contributed by atoms with van der Waals surface area (Å²) < 4.78 is 5.13. The van der Waals surface area contributed by atoms with Crippen molar-refractivity contribution in [3.63, 3.8) is 0 Å². The monoisotopic (exact) mass is 295 g/mol. The number of rotatable bonds is 4. The van der Waals surface area contributed by atoms with E-state index in [0.29, 0.717) is 23.3 Å². The maximum atomic E-state index is 12.1. The second-order valence-corrected chi connectivity index (χ2v) is 4.53. The average Bonchev–Trinajstić information content (AvgIpc) is 2.59. The number of pyridine rings is 1. The summed E-state index contributed by atoms with van der Waals surface area (Å²) >= 11 is 0. The predicted octanol–water partition coefficient (Wildman–Crippen LogP) is 1.36. The molecule has 3 aromatic rings. The molecule has 110 valence electrons. The van der Waals surface area contributed by atoms with Crippen LogP contribution in [-0.4, -0.2) is 33.2 Å². The Morgan fingerprint density at radius 2 is 2.14 bits per heavy atom. The number of nitrogens with one attached hydrogen (secondary N) is 1. The Bertz CT molecular complexity index is 807. The Balaban J connectivity index is 1.78. The molecule has 0 saturated heterocycles. The van der Waals surface area contributed by atoms with E-state index < -0.39 is 0 Å². The second-order valence-electron chi connectivity index (χ2n) is 4.53. The molecule has 2 aromatic heterocycles. The zero-order valence-corrected chi connectivity index (χ0v) is 11.9. The van der Waals surface area contributed by atoms with Gasteiger partial charge >= 0.3 is 0 Å². The van der Waals surface area contributed by atoms with Crippen molar-refractivity contribution in [3.8, 4) is 5.75 Å². The Kier molecular flexibility index (Phi) is 3.86. The zero-order chi connectivity index (χ0) is 15.4. The summed E-state index contributed by atoms with van der Waals surface area (Å²) in [5.41, 5.74) is 2.05. The van der Waals surface area contributed by atoms with Crippen LogP contribution in [0.4, 0.5) is 0 Å². The van der Waals surface area contributed by atoms with Gasteiger partial charge in [0.2, 0.25) is 5.82 Å². The van der Waals surface area contributed by atoms with Crippen molar-refractivity contribution in [3.05, 3.63) is 54.1 Å². The van der Waals surface area contributed by atoms with Gasteiger partial charge in [-0.2, -0.15) is 0 Å². The van der Waals surface area contributed by atoms with Crippen molar-refractivity contribution in [1.82, 2.24) is 25.5 Å². The van der Waals surface area contributed by atoms with Gasteiger partial charge in [-0.1, -0.05) is 6.07 Å². The summed E-state index contributed by atoms with van der Waals surface area (Å²) in [6.45, 7) is 0.353. The van der Waals surface area contributed by atoms with Crippen molar-refractivity contribution in [2.24, 2.45) is 0 Å². The first kappa shape index (κ1) is 13.9. The third kappa shape index (κ3) is 2.98. The van der Waals surface area contributed by atoms with Crippen LogP contribution in [0.1, 0.15) is 16.2 Å². The number of amides is 1. The Hall–Kier alpha value is -3.09. The number of nitrogens with zero attached hydrogens (tertiary/aromatic N) is 4. The first-order valence-electron chi connectivity index (χ1n) is 6.62. The fourth-order valence-corrected chi connectivity index (χ4v) is 1.90. The van der Waals surface area contributed by atoms with Gasteiger partial charge in [-0.15, -0.1) is 10.2 Å². The van der Waals surface area contributed by atoms with Crippen LogP contribution in [0.2, 0.25) is 0 Å². The van der Waals surface area contributed by atoms with Crippen LogP contribution in [-0.2, 0) is 6.54 Å². The van der Waals surface area contributed by atoms with Gasteiger partial charge in [-0.05, 0) is 23.8 Å². The minimum Gasteiger partial charge on any atom is -0.497 e. The van der Waals surface area contributed by atoms with Crippen molar-refractivity contribution in [1.29, 1.82) is 0 Å². The minimum atomic E-state index is -0.388. The third-order valence-corrected chi connectivity index (χ3v) is 3.04. The molecule has 0 spiro atoms. The van der Waals surface area contributed by atoms with Crippen LogP contribution < -0.4 is 10.1 Å². The Labute approximate surface area is 126 Å². The largest absolute Gasteiger partial charge is 0.497 e. The summed E-state index contributed by atoms with van der Waals surface area (Å²) in [6.07, 6.45) is 3.36. The highest BCUT2D eigenvalue weighted by molar-refractivity contribution is 5.91. The summed E-state index contributed by atoms with van der Waals surface area (Å²) in [4.78, 5) is 20.3. The SMILES string of the molecule is COc1ccc2nnc(C(=O)NCc3cccnc3)nc2c1. The lowest BCUT2D eigenvalue weighted by Gasteiger charge is -2.05. The van der Waals surface area contributed by atoms with Crippen LogP contribution in [0.5, 0.6) is 5.75 Å². The highest BCUT2D eigenvalue weighted by atomic mass is 16.5. The molecule has 1 amide bonds. The van der Waals surface area contributed by atoms with E-state index in [4.69, 9.17) is 4.74 Å². The van der Waals surface area contributed by atoms with E-state index in [9.17, 15) is 4.79 Å². The molecule has 0 bridgehead atoms. The molecular weight excluding hydrogens is 282 g/mol. The highest BCUT2D eigenvalue weighted by Crippen LogP contribution is 2.16. The lowest BCUT2D eigenvalue weighted by Crippen LogP contribution is -2.25. The number of carbonyl (C=O) groups excluding carboxylic acids is 1. The molecular formula is C15H13N5O2. The molecule has 2 heterocycles. The van der Waals surface area contributed by atoms with E-state index in [1.807, 2.05) is 12.1 Å². The number of methoxy groups -OCH3 is 1. The maximum Gasteiger partial charge on any atom is 0.291 e. The standard InChI is InChI=1S/C15H13N5O2/c1-22-11-4-5-12-13(7-11)18-14(20-19-12)15(21)17-9-10-3-2-6-16-8-10/h2-8H,9H2,1H3,(H,17,21). The van der Waals surface area contributed by atoms with E-state index in [-0.39, 0.29) is 11.7 Å². The van der Waals surface area contributed by atoms with Gasteiger partial charge in [0.15, 0.2) is 0 Å². The van der Waals surface area contributed by atoms with Crippen molar-refractivity contribution >= 4 is 16.9 Å². The first-order chi connectivity index (χ1) is 10.8. The molecule has 1 N–H and O–H groups in total. The smallest absolute Gasteiger partial charge is 0.291 e. The third-order valence-electron chi connectivity index (χ3n) is 3.04. The molecule has 0 saturated carbocycles. The predicted molar refractivity (Wildman–Crippen MR) is 79.3 cm³/mol. The quantitative estimate of drug-likeness (QED) is 0.781. The van der Waals surface area contributed by atoms with Crippen LogP contribution >= 0.6 is 0 Å². The van der Waals surface area contributed by atoms with Gasteiger partial charge in [0.1, 0.15) is 11.3 Å². The zero-order valence-electron chi connectivity index (χ0n) is 11.9. The van der Waals surface area contributed by atoms with Gasteiger partial charge in [0.25, 0.3) is 5.91 Å². The molecule has 0 aliphatic rings. The lowest BCUT2D eigenvalue weighted by molar-refractivity contribution is 0.0939. The van der Waals surface area contributed by atoms with Crippen LogP contribution in [0.15, 0.2) is 42.7 Å². The number of hydrogen-bond donors (Lipinski definition) is 1. The minimum absolute atomic E-state index is 0.0182. The number of benzene rings is 1. The molecule has 7 heteroatoms. The van der Waals surface area contributed by atoms with Crippen LogP contribution in [0.25, 0.3) is 11.0 Å². The van der Waals surface area contributed by atoms with Crippen molar-refractivity contribution in [2.75, 3.05) is 7.11 Å². The first-order valence-corrected chi connectivity index (χ1v) is 6.62. The summed E-state index contributed by atoms with van der Waals surface area (Å²) in [5, 5.41) is 10.6. The summed E-state index contributed by atoms with van der Waals surface area (Å²) in [5.74, 6) is 0.278. The van der Waals surface area contributed by atoms with Gasteiger partial charge in [0, 0.05) is 25.0 Å². The summed E-state index contributed by atoms with van der Waals surface area (Å²) in [6, 6.07) is 8.90. The topological polar surface area (TPSA) is 89.9 Å². The molecule has 0 fully saturated rings. The highest BCUT2D eigenvalue weighted by Gasteiger charge is 2.11. The Morgan fingerprint density at radius 3 is 2.91 bits per heavy atom. The molecule has 0 radical (unpaired) electrons. The number of fused-ring (bicyclic) bond motifs is 1. The maximum absolute atomic E-state index is 12.1. The van der Waals surface area contributed by atoms with Crippen molar-refractivity contribution in [2.45, 2.75) is 6.54 Å². The number of hydrogen-bond acceptors (Lipinski definition) is 6.